The first kappa shape index (κ1) is 10.2. The molecule has 1 fully saturated rings. The van der Waals surface area contributed by atoms with Gasteiger partial charge in [0, 0.05) is 13.0 Å². The molecule has 0 aliphatic carbocycles. The van der Waals surface area contributed by atoms with Gasteiger partial charge in [0.15, 0.2) is 0 Å². The molecule has 0 amide bonds. The maximum Gasteiger partial charge on any atom is 0.344 e. The third kappa shape index (κ3) is 2.28. The second kappa shape index (κ2) is 3.85. The van der Waals surface area contributed by atoms with Gasteiger partial charge in [0.2, 0.25) is 0 Å². The lowest BCUT2D eigenvalue weighted by atomic mass is 10.3. The van der Waals surface area contributed by atoms with E-state index < -0.39 is 19.5 Å². The van der Waals surface area contributed by atoms with Gasteiger partial charge in [0.25, 0.3) is 0 Å². The van der Waals surface area contributed by atoms with Crippen LogP contribution in [0.5, 0.6) is 0 Å². The first-order chi connectivity index (χ1) is 5.56. The molecule has 0 aromatic heterocycles. The Bertz CT molecular complexity index is 198. The van der Waals surface area contributed by atoms with Crippen LogP contribution in [0, 0.1) is 0 Å². The molecule has 1 aliphatic rings. The molecule has 0 aromatic carbocycles. The Kier molecular flexibility index (Phi) is 3.26. The van der Waals surface area contributed by atoms with E-state index in [1.54, 1.807) is 6.92 Å². The minimum absolute atomic E-state index is 0.210. The molecule has 72 valence electrons. The van der Waals surface area contributed by atoms with E-state index in [0.717, 1.165) is 0 Å². The lowest BCUT2D eigenvalue weighted by Gasteiger charge is -2.16. The fraction of sp³-hybridized carbons (Fsp3) is 1.00. The Hall–Kier alpha value is 0.0700. The SMILES string of the molecule is CCOP(=O)(O)C1CC(O)CN1. The van der Waals surface area contributed by atoms with E-state index in [-0.39, 0.29) is 13.0 Å². The summed E-state index contributed by atoms with van der Waals surface area (Å²) in [4.78, 5) is 9.29. The third-order valence-electron chi connectivity index (χ3n) is 1.79. The molecule has 1 heterocycles. The van der Waals surface area contributed by atoms with Crippen molar-refractivity contribution in [2.75, 3.05) is 13.2 Å². The average Bonchev–Trinajstić information content (AvgIpc) is 2.36. The third-order valence-corrected chi connectivity index (χ3v) is 3.60. The van der Waals surface area contributed by atoms with Crippen LogP contribution in [-0.4, -0.2) is 35.0 Å². The Morgan fingerprint density at radius 1 is 1.75 bits per heavy atom. The predicted molar refractivity (Wildman–Crippen MR) is 43.9 cm³/mol. The van der Waals surface area contributed by atoms with E-state index in [9.17, 15) is 9.46 Å². The molecule has 3 N–H and O–H groups in total. The van der Waals surface area contributed by atoms with Crippen molar-refractivity contribution >= 4 is 7.60 Å². The summed E-state index contributed by atoms with van der Waals surface area (Å²) in [5, 5.41) is 11.8. The first-order valence-electron chi connectivity index (χ1n) is 3.94. The maximum atomic E-state index is 11.3. The Morgan fingerprint density at radius 2 is 2.42 bits per heavy atom. The highest BCUT2D eigenvalue weighted by molar-refractivity contribution is 7.53. The van der Waals surface area contributed by atoms with Gasteiger partial charge in [0.05, 0.1) is 12.7 Å². The normalized spacial score (nSPS) is 34.9. The van der Waals surface area contributed by atoms with Crippen molar-refractivity contribution < 1.29 is 19.1 Å². The average molecular weight is 195 g/mol. The van der Waals surface area contributed by atoms with Crippen LogP contribution in [0.15, 0.2) is 0 Å². The molecule has 0 radical (unpaired) electrons. The number of nitrogens with one attached hydrogen (secondary N) is 1. The highest BCUT2D eigenvalue weighted by Crippen LogP contribution is 2.49. The summed E-state index contributed by atoms with van der Waals surface area (Å²) < 4.78 is 16.0. The number of aliphatic hydroxyl groups is 1. The van der Waals surface area contributed by atoms with Crippen LogP contribution in [0.3, 0.4) is 0 Å². The molecule has 0 saturated carbocycles. The zero-order valence-corrected chi connectivity index (χ0v) is 7.83. The molecule has 0 aromatic rings. The van der Waals surface area contributed by atoms with Gasteiger partial charge in [-0.2, -0.15) is 0 Å². The van der Waals surface area contributed by atoms with E-state index in [1.165, 1.54) is 0 Å². The van der Waals surface area contributed by atoms with E-state index in [4.69, 9.17) is 9.63 Å². The van der Waals surface area contributed by atoms with E-state index in [2.05, 4.69) is 5.32 Å². The topological polar surface area (TPSA) is 78.8 Å². The molecule has 3 atom stereocenters. The van der Waals surface area contributed by atoms with E-state index >= 15 is 0 Å². The first-order valence-corrected chi connectivity index (χ1v) is 5.59. The van der Waals surface area contributed by atoms with Crippen molar-refractivity contribution in [3.05, 3.63) is 0 Å². The van der Waals surface area contributed by atoms with E-state index in [0.29, 0.717) is 6.54 Å². The maximum absolute atomic E-state index is 11.3. The second-order valence-corrected chi connectivity index (χ2v) is 4.81. The number of hydrogen-bond acceptors (Lipinski definition) is 4. The van der Waals surface area contributed by atoms with Crippen molar-refractivity contribution in [1.29, 1.82) is 0 Å². The van der Waals surface area contributed by atoms with Gasteiger partial charge in [-0.3, -0.25) is 4.57 Å². The van der Waals surface area contributed by atoms with Crippen molar-refractivity contribution in [1.82, 2.24) is 5.32 Å². The standard InChI is InChI=1S/C6H14NO4P/c1-2-11-12(9,10)6-3-5(8)4-7-6/h5-8H,2-4H2,1H3,(H,9,10). The van der Waals surface area contributed by atoms with Crippen LogP contribution in [0.4, 0.5) is 0 Å². The van der Waals surface area contributed by atoms with Gasteiger partial charge in [-0.05, 0) is 6.92 Å². The van der Waals surface area contributed by atoms with Gasteiger partial charge >= 0.3 is 7.60 Å². The van der Waals surface area contributed by atoms with Gasteiger partial charge < -0.3 is 19.8 Å². The zero-order chi connectivity index (χ0) is 9.19. The van der Waals surface area contributed by atoms with Gasteiger partial charge in [-0.1, -0.05) is 0 Å². The smallest absolute Gasteiger partial charge is 0.344 e. The quantitative estimate of drug-likeness (QED) is 0.547. The fourth-order valence-electron chi connectivity index (χ4n) is 1.22. The molecule has 12 heavy (non-hydrogen) atoms. The van der Waals surface area contributed by atoms with Crippen LogP contribution in [0.1, 0.15) is 13.3 Å². The largest absolute Gasteiger partial charge is 0.392 e. The number of rotatable bonds is 3. The highest BCUT2D eigenvalue weighted by Gasteiger charge is 2.37. The predicted octanol–water partition coefficient (Wildman–Crippen LogP) is -0.111. The summed E-state index contributed by atoms with van der Waals surface area (Å²) in [5.74, 6) is -0.604. The summed E-state index contributed by atoms with van der Waals surface area (Å²) in [5.41, 5.74) is 0. The van der Waals surface area contributed by atoms with Crippen LogP contribution >= 0.6 is 7.60 Å². The van der Waals surface area contributed by atoms with E-state index in [1.807, 2.05) is 0 Å². The summed E-state index contributed by atoms with van der Waals surface area (Å²) >= 11 is 0. The van der Waals surface area contributed by atoms with Gasteiger partial charge in [-0.15, -0.1) is 0 Å². The van der Waals surface area contributed by atoms with Crippen LogP contribution in [-0.2, 0) is 9.09 Å². The number of hydrogen-bond donors (Lipinski definition) is 3. The van der Waals surface area contributed by atoms with Gasteiger partial charge in [-0.25, -0.2) is 0 Å². The molecule has 0 bridgehead atoms. The Balaban J connectivity index is 2.51. The Labute approximate surface area is 71.3 Å². The lowest BCUT2D eigenvalue weighted by molar-refractivity contribution is 0.192. The molecule has 3 unspecified atom stereocenters. The fourth-order valence-corrected chi connectivity index (χ4v) is 2.62. The number of aliphatic hydroxyl groups excluding tert-OH is 1. The molecule has 6 heteroatoms. The summed E-state index contributed by atoms with van der Waals surface area (Å²) in [7, 11) is -3.55. The van der Waals surface area contributed by atoms with Crippen LogP contribution in [0.25, 0.3) is 0 Å². The Morgan fingerprint density at radius 3 is 2.83 bits per heavy atom. The monoisotopic (exact) mass is 195 g/mol. The lowest BCUT2D eigenvalue weighted by Crippen LogP contribution is -2.22. The van der Waals surface area contributed by atoms with Crippen molar-refractivity contribution in [2.24, 2.45) is 0 Å². The van der Waals surface area contributed by atoms with Crippen LogP contribution in [0.2, 0.25) is 0 Å². The summed E-state index contributed by atoms with van der Waals surface area (Å²) in [6.45, 7) is 2.23. The molecule has 0 spiro atoms. The minimum atomic E-state index is -3.55. The molecular weight excluding hydrogens is 181 g/mol. The van der Waals surface area contributed by atoms with Gasteiger partial charge in [0.1, 0.15) is 5.78 Å². The highest BCUT2D eigenvalue weighted by atomic mass is 31.2. The van der Waals surface area contributed by atoms with Crippen molar-refractivity contribution in [3.63, 3.8) is 0 Å². The zero-order valence-electron chi connectivity index (χ0n) is 6.93. The minimum Gasteiger partial charge on any atom is -0.392 e. The number of β-amino-alcohol motifs (C(OH)–C–C–N with tert-alkyl or cyclic N) is 1. The molecule has 1 aliphatic heterocycles. The summed E-state index contributed by atoms with van der Waals surface area (Å²) in [6.07, 6.45) is -0.246. The summed E-state index contributed by atoms with van der Waals surface area (Å²) in [6, 6.07) is 0. The van der Waals surface area contributed by atoms with Crippen LogP contribution < -0.4 is 5.32 Å². The molecule has 1 saturated heterocycles. The molecule has 1 rings (SSSR count). The molecular formula is C6H14NO4P. The molecule has 5 nitrogen and oxygen atoms in total. The second-order valence-electron chi connectivity index (χ2n) is 2.80. The van der Waals surface area contributed by atoms with Crippen molar-refractivity contribution in [3.8, 4) is 0 Å². The van der Waals surface area contributed by atoms with Crippen molar-refractivity contribution in [2.45, 2.75) is 25.2 Å².